The molecule has 0 saturated carbocycles. The van der Waals surface area contributed by atoms with Crippen LogP contribution in [-0.2, 0) is 0 Å². The highest BCUT2D eigenvalue weighted by molar-refractivity contribution is 6.03. The van der Waals surface area contributed by atoms with Gasteiger partial charge in [-0.1, -0.05) is 29.8 Å². The summed E-state index contributed by atoms with van der Waals surface area (Å²) in [5.41, 5.74) is 18.5. The number of nitrogen functional groups attached to an aromatic ring is 1. The molecule has 0 spiro atoms. The minimum atomic E-state index is -0.769. The number of aromatic nitrogens is 2. The number of carbonyl (C=O) groups excluding carboxylic acids is 1. The molecule has 132 valence electrons. The van der Waals surface area contributed by atoms with E-state index in [-0.39, 0.29) is 24.1 Å². The fourth-order valence-corrected chi connectivity index (χ4v) is 2.19. The summed E-state index contributed by atoms with van der Waals surface area (Å²) in [6.07, 6.45) is 0. The Morgan fingerprint density at radius 2 is 1.88 bits per heavy atom. The van der Waals surface area contributed by atoms with Gasteiger partial charge < -0.3 is 27.2 Å². The predicted molar refractivity (Wildman–Crippen MR) is 97.1 cm³/mol. The van der Waals surface area contributed by atoms with Gasteiger partial charge in [0, 0.05) is 19.2 Å². The Balaban J connectivity index is 2.64. The third kappa shape index (κ3) is 4.21. The van der Waals surface area contributed by atoms with Gasteiger partial charge in [-0.25, -0.2) is 9.97 Å². The van der Waals surface area contributed by atoms with E-state index in [1.54, 1.807) is 11.9 Å². The van der Waals surface area contributed by atoms with Gasteiger partial charge in [0.25, 0.3) is 0 Å². The molecule has 1 amide bonds. The molecule has 1 aromatic heterocycles. The summed E-state index contributed by atoms with van der Waals surface area (Å²) in [6, 6.07) is 7.56. The summed E-state index contributed by atoms with van der Waals surface area (Å²) in [7, 11) is 1.74. The molecule has 0 fully saturated rings. The Morgan fingerprint density at radius 1 is 1.24 bits per heavy atom. The fraction of sp³-hybridized carbons (Fsp3) is 0.250. The second-order valence-corrected chi connectivity index (χ2v) is 5.48. The van der Waals surface area contributed by atoms with Crippen molar-refractivity contribution in [2.75, 3.05) is 30.8 Å². The molecule has 1 aromatic carbocycles. The van der Waals surface area contributed by atoms with Crippen molar-refractivity contribution in [3.05, 3.63) is 35.5 Å². The highest BCUT2D eigenvalue weighted by Crippen LogP contribution is 2.29. The van der Waals surface area contributed by atoms with E-state index in [4.69, 9.17) is 17.2 Å². The molecule has 0 unspecified atom stereocenters. The molecule has 9 heteroatoms. The number of aliphatic imine (C=N–C) groups is 1. The Bertz CT molecular complexity index is 799. The molecule has 0 atom stereocenters. The van der Waals surface area contributed by atoms with Crippen molar-refractivity contribution < 1.29 is 9.90 Å². The first-order valence-electron chi connectivity index (χ1n) is 7.54. The van der Waals surface area contributed by atoms with Crippen molar-refractivity contribution in [2.45, 2.75) is 6.92 Å². The molecule has 0 saturated heterocycles. The average molecular weight is 343 g/mol. The average Bonchev–Trinajstić information content (AvgIpc) is 2.55. The van der Waals surface area contributed by atoms with Crippen molar-refractivity contribution in [1.29, 1.82) is 0 Å². The van der Waals surface area contributed by atoms with Crippen LogP contribution in [0.5, 0.6) is 0 Å². The summed E-state index contributed by atoms with van der Waals surface area (Å²) < 4.78 is 0. The number of nitrogens with two attached hydrogens (primary N) is 3. The number of amides is 1. The van der Waals surface area contributed by atoms with Gasteiger partial charge in [-0.15, -0.1) is 0 Å². The molecule has 9 nitrogen and oxygen atoms in total. The van der Waals surface area contributed by atoms with Crippen molar-refractivity contribution in [3.63, 3.8) is 0 Å². The van der Waals surface area contributed by atoms with E-state index in [1.165, 1.54) is 0 Å². The summed E-state index contributed by atoms with van der Waals surface area (Å²) >= 11 is 0. The predicted octanol–water partition coefficient (Wildman–Crippen LogP) is -0.124. The molecule has 0 aliphatic carbocycles. The maximum Gasteiger partial charge on any atom is 0.302 e. The second-order valence-electron chi connectivity index (χ2n) is 5.48. The lowest BCUT2D eigenvalue weighted by atomic mass is 10.1. The monoisotopic (exact) mass is 343 g/mol. The van der Waals surface area contributed by atoms with Crippen LogP contribution in [0.2, 0.25) is 0 Å². The van der Waals surface area contributed by atoms with Gasteiger partial charge in [0.2, 0.25) is 0 Å². The fourth-order valence-electron chi connectivity index (χ4n) is 2.19. The van der Waals surface area contributed by atoms with E-state index < -0.39 is 5.91 Å². The van der Waals surface area contributed by atoms with Crippen LogP contribution >= 0.6 is 0 Å². The van der Waals surface area contributed by atoms with Crippen LogP contribution < -0.4 is 22.1 Å². The zero-order valence-electron chi connectivity index (χ0n) is 14.1. The van der Waals surface area contributed by atoms with Crippen molar-refractivity contribution in [1.82, 2.24) is 9.97 Å². The van der Waals surface area contributed by atoms with Crippen molar-refractivity contribution >= 4 is 23.5 Å². The first kappa shape index (κ1) is 18.1. The number of guanidine groups is 1. The number of carbonyl (C=O) groups is 1. The summed E-state index contributed by atoms with van der Waals surface area (Å²) in [6.45, 7) is 2.22. The van der Waals surface area contributed by atoms with Crippen LogP contribution in [0.4, 0.5) is 11.6 Å². The number of aliphatic hydroxyl groups excluding tert-OH is 1. The van der Waals surface area contributed by atoms with Crippen LogP contribution in [0.1, 0.15) is 16.1 Å². The molecule has 0 aliphatic heterocycles. The summed E-state index contributed by atoms with van der Waals surface area (Å²) in [4.78, 5) is 25.9. The smallest absolute Gasteiger partial charge is 0.302 e. The van der Waals surface area contributed by atoms with Crippen LogP contribution in [-0.4, -0.2) is 47.1 Å². The molecule has 0 aliphatic rings. The molecule has 0 radical (unpaired) electrons. The Morgan fingerprint density at radius 3 is 2.44 bits per heavy atom. The largest absolute Gasteiger partial charge is 0.395 e. The SMILES string of the molecule is Cc1ccc(-c2nc(C(=O)N=C(N)N)c(N)nc2N(C)CCO)cc1. The maximum atomic E-state index is 12.1. The Kier molecular flexibility index (Phi) is 5.50. The number of rotatable bonds is 5. The molecule has 1 heterocycles. The third-order valence-electron chi connectivity index (χ3n) is 3.46. The van der Waals surface area contributed by atoms with Gasteiger partial charge in [0.1, 0.15) is 5.69 Å². The van der Waals surface area contributed by atoms with Crippen LogP contribution in [0, 0.1) is 6.92 Å². The summed E-state index contributed by atoms with van der Waals surface area (Å²) in [5, 5.41) is 9.19. The standard InChI is InChI=1S/C16H21N7O2/c1-9-3-5-10(6-4-9)11-14(23(2)7-8-24)21-13(17)12(20-11)15(25)22-16(18)19/h3-6,24H,7-8H2,1-2H3,(H2,17,21)(H4,18,19,22,25). The minimum absolute atomic E-state index is 0.0693. The van der Waals surface area contributed by atoms with Crippen LogP contribution in [0.25, 0.3) is 11.3 Å². The number of hydrogen-bond acceptors (Lipinski definition) is 6. The minimum Gasteiger partial charge on any atom is -0.395 e. The molecule has 2 aromatic rings. The van der Waals surface area contributed by atoms with Crippen LogP contribution in [0.3, 0.4) is 0 Å². The van der Waals surface area contributed by atoms with E-state index in [9.17, 15) is 9.90 Å². The number of hydrogen-bond donors (Lipinski definition) is 4. The van der Waals surface area contributed by atoms with Gasteiger partial charge in [0.15, 0.2) is 23.3 Å². The van der Waals surface area contributed by atoms with Gasteiger partial charge in [-0.3, -0.25) is 4.79 Å². The van der Waals surface area contributed by atoms with Gasteiger partial charge in [-0.05, 0) is 6.92 Å². The molecule has 2 rings (SSSR count). The lowest BCUT2D eigenvalue weighted by molar-refractivity contribution is 0.0998. The van der Waals surface area contributed by atoms with Gasteiger partial charge >= 0.3 is 5.91 Å². The lowest BCUT2D eigenvalue weighted by Gasteiger charge is -2.21. The number of nitrogens with zero attached hydrogens (tertiary/aromatic N) is 4. The van der Waals surface area contributed by atoms with Gasteiger partial charge in [-0.2, -0.15) is 4.99 Å². The van der Waals surface area contributed by atoms with E-state index in [0.717, 1.165) is 11.1 Å². The molecular formula is C16H21N7O2. The topological polar surface area (TPSA) is 157 Å². The normalized spacial score (nSPS) is 10.4. The van der Waals surface area contributed by atoms with Crippen LogP contribution in [0.15, 0.2) is 29.3 Å². The number of aryl methyl sites for hydroxylation is 1. The Labute approximate surface area is 145 Å². The van der Waals surface area contributed by atoms with E-state index >= 15 is 0 Å². The van der Waals surface area contributed by atoms with E-state index in [2.05, 4.69) is 15.0 Å². The quantitative estimate of drug-likeness (QED) is 0.432. The first-order chi connectivity index (χ1) is 11.8. The van der Waals surface area contributed by atoms with Crippen molar-refractivity contribution in [2.24, 2.45) is 16.5 Å². The zero-order valence-corrected chi connectivity index (χ0v) is 14.1. The number of likely N-dealkylation sites (N-methyl/N-ethyl adjacent to an activating group) is 1. The maximum absolute atomic E-state index is 12.1. The number of aliphatic hydroxyl groups is 1. The molecule has 0 bridgehead atoms. The molecule has 7 N–H and O–H groups in total. The third-order valence-corrected chi connectivity index (χ3v) is 3.46. The zero-order chi connectivity index (χ0) is 18.6. The number of anilines is 2. The summed E-state index contributed by atoms with van der Waals surface area (Å²) in [5.74, 6) is -0.804. The van der Waals surface area contributed by atoms with Gasteiger partial charge in [0.05, 0.1) is 6.61 Å². The highest BCUT2D eigenvalue weighted by atomic mass is 16.3. The first-order valence-corrected chi connectivity index (χ1v) is 7.54. The molecular weight excluding hydrogens is 322 g/mol. The van der Waals surface area contributed by atoms with Crippen molar-refractivity contribution in [3.8, 4) is 11.3 Å². The highest BCUT2D eigenvalue weighted by Gasteiger charge is 2.20. The number of benzene rings is 1. The van der Waals surface area contributed by atoms with E-state index in [0.29, 0.717) is 18.1 Å². The lowest BCUT2D eigenvalue weighted by Crippen LogP contribution is -2.26. The molecule has 25 heavy (non-hydrogen) atoms. The van der Waals surface area contributed by atoms with E-state index in [1.807, 2.05) is 31.2 Å². The Hall–Kier alpha value is -3.20. The second kappa shape index (κ2) is 7.58.